The van der Waals surface area contributed by atoms with Crippen LogP contribution < -0.4 is 9.64 Å². The number of nitro groups is 1. The lowest BCUT2D eigenvalue weighted by Gasteiger charge is -2.19. The fourth-order valence-electron chi connectivity index (χ4n) is 2.93. The summed E-state index contributed by atoms with van der Waals surface area (Å²) < 4.78 is 29.2. The smallest absolute Gasteiger partial charge is 0.293 e. The molecular weight excluding hydrogens is 415 g/mol. The fourth-order valence-corrected chi connectivity index (χ4v) is 3.86. The minimum absolute atomic E-state index is 0.0826. The Labute approximate surface area is 166 Å². The molecule has 3 rings (SSSR count). The lowest BCUT2D eigenvalue weighted by Crippen LogP contribution is -2.25. The Morgan fingerprint density at radius 3 is 2.56 bits per heavy atom. The Bertz CT molecular complexity index is 997. The highest BCUT2D eigenvalue weighted by Crippen LogP contribution is 2.34. The van der Waals surface area contributed by atoms with Crippen molar-refractivity contribution in [2.24, 2.45) is 0 Å². The molecule has 7 nitrogen and oxygen atoms in total. The summed E-state index contributed by atoms with van der Waals surface area (Å²) >= 11 is 11.9. The zero-order valence-corrected chi connectivity index (χ0v) is 16.6. The maximum Gasteiger partial charge on any atom is 0.293 e. The van der Waals surface area contributed by atoms with Crippen LogP contribution in [0.2, 0.25) is 10.0 Å². The molecule has 0 amide bonds. The molecule has 10 heteroatoms. The van der Waals surface area contributed by atoms with Gasteiger partial charge in [0.2, 0.25) is 0 Å². The molecule has 144 valence electrons. The summed E-state index contributed by atoms with van der Waals surface area (Å²) in [5.74, 6) is 0.568. The van der Waals surface area contributed by atoms with E-state index in [4.69, 9.17) is 27.9 Å². The van der Waals surface area contributed by atoms with Gasteiger partial charge in [-0.3, -0.25) is 10.1 Å². The molecule has 0 N–H and O–H groups in total. The third-order valence-corrected chi connectivity index (χ3v) is 6.10. The van der Waals surface area contributed by atoms with E-state index < -0.39 is 14.8 Å². The lowest BCUT2D eigenvalue weighted by molar-refractivity contribution is -0.384. The molecule has 1 unspecified atom stereocenters. The summed E-state index contributed by atoms with van der Waals surface area (Å²) in [5, 5.41) is 12.2. The number of ether oxygens (including phenoxy) is 1. The molecule has 1 heterocycles. The highest BCUT2D eigenvalue weighted by molar-refractivity contribution is 7.90. The van der Waals surface area contributed by atoms with Gasteiger partial charge in [-0.15, -0.1) is 0 Å². The van der Waals surface area contributed by atoms with Crippen molar-refractivity contribution in [1.82, 2.24) is 0 Å². The van der Waals surface area contributed by atoms with Crippen LogP contribution in [0.3, 0.4) is 0 Å². The maximum atomic E-state index is 11.7. The molecular formula is C17H16Cl2N2O5S. The number of halogens is 2. The quantitative estimate of drug-likeness (QED) is 0.526. The van der Waals surface area contributed by atoms with E-state index in [2.05, 4.69) is 0 Å². The van der Waals surface area contributed by atoms with Gasteiger partial charge in [-0.1, -0.05) is 23.2 Å². The highest BCUT2D eigenvalue weighted by Gasteiger charge is 2.30. The average Bonchev–Trinajstić information content (AvgIpc) is 3.05. The summed E-state index contributed by atoms with van der Waals surface area (Å²) in [6, 6.07) is 8.91. The van der Waals surface area contributed by atoms with Gasteiger partial charge in [0.1, 0.15) is 17.5 Å². The van der Waals surface area contributed by atoms with Crippen molar-refractivity contribution in [3.8, 4) is 5.75 Å². The SMILES string of the molecule is CS(=O)(=O)c1ccc(N2CCC(Oc3ccc(Cl)c(Cl)c3)C2)c([N+](=O)[O-])c1. The van der Waals surface area contributed by atoms with E-state index >= 15 is 0 Å². The van der Waals surface area contributed by atoms with E-state index in [0.717, 1.165) is 12.3 Å². The van der Waals surface area contributed by atoms with Crippen molar-refractivity contribution >= 4 is 44.4 Å². The molecule has 2 aromatic carbocycles. The number of rotatable bonds is 5. The van der Waals surface area contributed by atoms with Crippen LogP contribution in [0.15, 0.2) is 41.3 Å². The number of benzene rings is 2. The van der Waals surface area contributed by atoms with Crippen LogP contribution in [0, 0.1) is 10.1 Å². The predicted octanol–water partition coefficient (Wildman–Crippen LogP) is 3.96. The first kappa shape index (κ1) is 19.7. The molecule has 2 aromatic rings. The van der Waals surface area contributed by atoms with Crippen LogP contribution in [0.1, 0.15) is 6.42 Å². The Kier molecular flexibility index (Phi) is 5.50. The van der Waals surface area contributed by atoms with Crippen LogP contribution in [0.5, 0.6) is 5.75 Å². The van der Waals surface area contributed by atoms with Crippen molar-refractivity contribution in [1.29, 1.82) is 0 Å². The molecule has 27 heavy (non-hydrogen) atoms. The fraction of sp³-hybridized carbons (Fsp3) is 0.294. The van der Waals surface area contributed by atoms with E-state index in [1.807, 2.05) is 4.90 Å². The van der Waals surface area contributed by atoms with Crippen molar-refractivity contribution in [3.63, 3.8) is 0 Å². The average molecular weight is 431 g/mol. The second kappa shape index (κ2) is 7.53. The molecule has 1 aliphatic heterocycles. The predicted molar refractivity (Wildman–Crippen MR) is 104 cm³/mol. The Morgan fingerprint density at radius 1 is 1.19 bits per heavy atom. The van der Waals surface area contributed by atoms with E-state index in [9.17, 15) is 18.5 Å². The third kappa shape index (κ3) is 4.45. The van der Waals surface area contributed by atoms with Gasteiger partial charge in [-0.05, 0) is 24.3 Å². The van der Waals surface area contributed by atoms with Crippen LogP contribution in [-0.2, 0) is 9.84 Å². The first-order chi connectivity index (χ1) is 12.6. The van der Waals surface area contributed by atoms with Gasteiger partial charge in [-0.25, -0.2) is 8.42 Å². The number of hydrogen-bond acceptors (Lipinski definition) is 6. The number of nitrogens with zero attached hydrogens (tertiary/aromatic N) is 2. The summed E-state index contributed by atoms with van der Waals surface area (Å²) in [6.45, 7) is 0.977. The summed E-state index contributed by atoms with van der Waals surface area (Å²) in [7, 11) is -3.53. The highest BCUT2D eigenvalue weighted by atomic mass is 35.5. The summed E-state index contributed by atoms with van der Waals surface area (Å²) in [5.41, 5.74) is 0.126. The van der Waals surface area contributed by atoms with Crippen molar-refractivity contribution in [2.75, 3.05) is 24.2 Å². The molecule has 1 fully saturated rings. The van der Waals surface area contributed by atoms with Gasteiger partial charge in [0.05, 0.1) is 26.4 Å². The topological polar surface area (TPSA) is 89.8 Å². The second-order valence-corrected chi connectivity index (χ2v) is 9.06. The lowest BCUT2D eigenvalue weighted by atomic mass is 10.2. The molecule has 1 saturated heterocycles. The van der Waals surface area contributed by atoms with Crippen LogP contribution in [0.25, 0.3) is 0 Å². The number of nitro benzene ring substituents is 1. The zero-order chi connectivity index (χ0) is 19.8. The largest absolute Gasteiger partial charge is 0.488 e. The molecule has 0 aliphatic carbocycles. The van der Waals surface area contributed by atoms with Crippen LogP contribution in [-0.4, -0.2) is 38.8 Å². The Morgan fingerprint density at radius 2 is 1.93 bits per heavy atom. The first-order valence-electron chi connectivity index (χ1n) is 8.00. The monoisotopic (exact) mass is 430 g/mol. The standard InChI is InChI=1S/C17H16Cl2N2O5S/c1-27(24,25)13-3-5-16(17(9-13)21(22)23)20-7-6-12(10-20)26-11-2-4-14(18)15(19)8-11/h2-5,8-9,12H,6-7,10H2,1H3. The Hall–Kier alpha value is -2.03. The van der Waals surface area contributed by atoms with Gasteiger partial charge in [0.15, 0.2) is 9.84 Å². The third-order valence-electron chi connectivity index (χ3n) is 4.25. The minimum atomic E-state index is -3.53. The van der Waals surface area contributed by atoms with E-state index in [1.165, 1.54) is 12.1 Å². The molecule has 0 aromatic heterocycles. The van der Waals surface area contributed by atoms with Crippen molar-refractivity contribution in [2.45, 2.75) is 17.4 Å². The number of sulfone groups is 1. The summed E-state index contributed by atoms with van der Waals surface area (Å²) in [6.07, 6.45) is 1.49. The van der Waals surface area contributed by atoms with Crippen LogP contribution >= 0.6 is 23.2 Å². The van der Waals surface area contributed by atoms with E-state index in [0.29, 0.717) is 41.0 Å². The van der Waals surface area contributed by atoms with Gasteiger partial charge in [0, 0.05) is 31.4 Å². The first-order valence-corrected chi connectivity index (χ1v) is 10.6. The number of hydrogen-bond donors (Lipinski definition) is 0. The van der Waals surface area contributed by atoms with Crippen molar-refractivity contribution < 1.29 is 18.1 Å². The number of anilines is 1. The maximum absolute atomic E-state index is 11.7. The van der Waals surface area contributed by atoms with E-state index in [-0.39, 0.29) is 16.7 Å². The molecule has 0 saturated carbocycles. The van der Waals surface area contributed by atoms with E-state index in [1.54, 1.807) is 18.2 Å². The van der Waals surface area contributed by atoms with Crippen LogP contribution in [0.4, 0.5) is 11.4 Å². The van der Waals surface area contributed by atoms with Gasteiger partial charge in [-0.2, -0.15) is 0 Å². The molecule has 0 spiro atoms. The Balaban J connectivity index is 1.80. The van der Waals surface area contributed by atoms with Crippen molar-refractivity contribution in [3.05, 3.63) is 56.6 Å². The molecule has 1 aliphatic rings. The molecule has 0 radical (unpaired) electrons. The molecule has 0 bridgehead atoms. The van der Waals surface area contributed by atoms with Gasteiger partial charge < -0.3 is 9.64 Å². The zero-order valence-electron chi connectivity index (χ0n) is 14.3. The second-order valence-electron chi connectivity index (χ2n) is 6.23. The molecule has 1 atom stereocenters. The normalized spacial score (nSPS) is 17.1. The minimum Gasteiger partial charge on any atom is -0.488 e. The van der Waals surface area contributed by atoms with Gasteiger partial charge in [0.25, 0.3) is 5.69 Å². The van der Waals surface area contributed by atoms with Gasteiger partial charge >= 0.3 is 0 Å². The summed E-state index contributed by atoms with van der Waals surface area (Å²) in [4.78, 5) is 12.6.